The van der Waals surface area contributed by atoms with Crippen LogP contribution in [0.5, 0.6) is 0 Å². The van der Waals surface area contributed by atoms with Crippen molar-refractivity contribution in [3.8, 4) is 0 Å². The van der Waals surface area contributed by atoms with E-state index in [4.69, 9.17) is 4.74 Å². The predicted octanol–water partition coefficient (Wildman–Crippen LogP) is 1.84. The Labute approximate surface area is 131 Å². The highest BCUT2D eigenvalue weighted by atomic mass is 16.5. The van der Waals surface area contributed by atoms with Crippen molar-refractivity contribution in [1.82, 2.24) is 10.6 Å². The van der Waals surface area contributed by atoms with E-state index in [1.165, 1.54) is 7.11 Å². The molecule has 0 fully saturated rings. The number of amides is 1. The number of benzene rings is 1. The van der Waals surface area contributed by atoms with E-state index >= 15 is 0 Å². The summed E-state index contributed by atoms with van der Waals surface area (Å²) >= 11 is 0. The molecule has 0 heterocycles. The van der Waals surface area contributed by atoms with E-state index in [-0.39, 0.29) is 18.6 Å². The third kappa shape index (κ3) is 7.08. The molecule has 0 aliphatic heterocycles. The molecule has 2 N–H and O–H groups in total. The van der Waals surface area contributed by atoms with E-state index in [0.717, 1.165) is 18.4 Å². The fourth-order valence-electron chi connectivity index (χ4n) is 1.96. The minimum absolute atomic E-state index is 0.261. The highest BCUT2D eigenvalue weighted by Gasteiger charge is 2.15. The standard InChI is InChI=1S/C16H24N2O4/c1-17-14(15(19)21-2)10-6-7-11-18-16(20)22-12-13-8-4-3-5-9-13/h3-5,8-9,14,17H,6-7,10-12H2,1-2H3,(H,18,20)/t14-/m0/s1. The maximum absolute atomic E-state index is 11.5. The number of likely N-dealkylation sites (N-methyl/N-ethyl adjacent to an activating group) is 1. The molecular formula is C16H24N2O4. The number of hydrogen-bond donors (Lipinski definition) is 2. The van der Waals surface area contributed by atoms with Crippen LogP contribution in [0.25, 0.3) is 0 Å². The Morgan fingerprint density at radius 1 is 1.18 bits per heavy atom. The Morgan fingerprint density at radius 2 is 1.91 bits per heavy atom. The molecule has 0 aromatic heterocycles. The molecule has 0 saturated heterocycles. The fourth-order valence-corrected chi connectivity index (χ4v) is 1.96. The number of carbonyl (C=O) groups excluding carboxylic acids is 2. The summed E-state index contributed by atoms with van der Waals surface area (Å²) in [5.41, 5.74) is 0.951. The van der Waals surface area contributed by atoms with Gasteiger partial charge in [0.05, 0.1) is 7.11 Å². The van der Waals surface area contributed by atoms with E-state index < -0.39 is 6.09 Å². The van der Waals surface area contributed by atoms with Crippen molar-refractivity contribution in [2.75, 3.05) is 20.7 Å². The number of ether oxygens (including phenoxy) is 2. The highest BCUT2D eigenvalue weighted by molar-refractivity contribution is 5.75. The highest BCUT2D eigenvalue weighted by Crippen LogP contribution is 2.03. The predicted molar refractivity (Wildman–Crippen MR) is 83.3 cm³/mol. The van der Waals surface area contributed by atoms with E-state index in [1.54, 1.807) is 7.05 Å². The van der Waals surface area contributed by atoms with E-state index in [1.807, 2.05) is 30.3 Å². The normalized spacial score (nSPS) is 11.5. The number of methoxy groups -OCH3 is 1. The van der Waals surface area contributed by atoms with Gasteiger partial charge in [0.1, 0.15) is 12.6 Å². The van der Waals surface area contributed by atoms with Crippen molar-refractivity contribution in [1.29, 1.82) is 0 Å². The Morgan fingerprint density at radius 3 is 2.55 bits per heavy atom. The van der Waals surface area contributed by atoms with Gasteiger partial charge in [0.15, 0.2) is 0 Å². The third-order valence-corrected chi connectivity index (χ3v) is 3.24. The lowest BCUT2D eigenvalue weighted by Gasteiger charge is -2.13. The molecule has 0 saturated carbocycles. The zero-order valence-electron chi connectivity index (χ0n) is 13.1. The van der Waals surface area contributed by atoms with Gasteiger partial charge in [-0.05, 0) is 31.9 Å². The SMILES string of the molecule is CN[C@@H](CCCCNC(=O)OCc1ccccc1)C(=O)OC. The topological polar surface area (TPSA) is 76.7 Å². The molecule has 0 aliphatic carbocycles. The molecular weight excluding hydrogens is 284 g/mol. The number of nitrogens with one attached hydrogen (secondary N) is 2. The van der Waals surface area contributed by atoms with Crippen LogP contribution in [0.1, 0.15) is 24.8 Å². The molecule has 0 spiro atoms. The monoisotopic (exact) mass is 308 g/mol. The van der Waals surface area contributed by atoms with Gasteiger partial charge in [0.25, 0.3) is 0 Å². The van der Waals surface area contributed by atoms with Crippen LogP contribution in [0.4, 0.5) is 4.79 Å². The average Bonchev–Trinajstić information content (AvgIpc) is 2.56. The zero-order valence-corrected chi connectivity index (χ0v) is 13.1. The zero-order chi connectivity index (χ0) is 16.2. The fraction of sp³-hybridized carbons (Fsp3) is 0.500. The quantitative estimate of drug-likeness (QED) is 0.538. The Kier molecular flexibility index (Phi) is 8.67. The van der Waals surface area contributed by atoms with Gasteiger partial charge in [0, 0.05) is 6.54 Å². The summed E-state index contributed by atoms with van der Waals surface area (Å²) in [6.07, 6.45) is 1.82. The molecule has 0 radical (unpaired) electrons. The summed E-state index contributed by atoms with van der Waals surface area (Å²) in [5.74, 6) is -0.266. The first-order valence-electron chi connectivity index (χ1n) is 7.37. The Balaban J connectivity index is 2.09. The van der Waals surface area contributed by atoms with Gasteiger partial charge < -0.3 is 20.1 Å². The van der Waals surface area contributed by atoms with Crippen molar-refractivity contribution in [2.24, 2.45) is 0 Å². The Hall–Kier alpha value is -2.08. The van der Waals surface area contributed by atoms with Gasteiger partial charge in [-0.25, -0.2) is 4.79 Å². The number of rotatable bonds is 9. The maximum Gasteiger partial charge on any atom is 0.407 e. The first kappa shape index (κ1) is 18.0. The number of carbonyl (C=O) groups is 2. The van der Waals surface area contributed by atoms with Gasteiger partial charge >= 0.3 is 12.1 Å². The molecule has 0 aliphatic rings. The van der Waals surface area contributed by atoms with Gasteiger partial charge in [-0.15, -0.1) is 0 Å². The van der Waals surface area contributed by atoms with Gasteiger partial charge in [-0.1, -0.05) is 30.3 Å². The third-order valence-electron chi connectivity index (χ3n) is 3.24. The number of hydrogen-bond acceptors (Lipinski definition) is 5. The molecule has 6 nitrogen and oxygen atoms in total. The molecule has 0 unspecified atom stereocenters. The molecule has 0 bridgehead atoms. The first-order chi connectivity index (χ1) is 10.7. The maximum atomic E-state index is 11.5. The molecule has 1 amide bonds. The summed E-state index contributed by atoms with van der Waals surface area (Å²) in [5, 5.41) is 5.59. The molecule has 22 heavy (non-hydrogen) atoms. The summed E-state index contributed by atoms with van der Waals surface area (Å²) in [7, 11) is 3.09. The molecule has 6 heteroatoms. The number of unbranched alkanes of at least 4 members (excludes halogenated alkanes) is 1. The smallest absolute Gasteiger partial charge is 0.407 e. The summed E-state index contributed by atoms with van der Waals surface area (Å²) in [6.45, 7) is 0.780. The Bertz CT molecular complexity index is 451. The second-order valence-corrected chi connectivity index (χ2v) is 4.85. The van der Waals surface area contributed by atoms with E-state index in [0.29, 0.717) is 13.0 Å². The van der Waals surface area contributed by atoms with Gasteiger partial charge in [-0.2, -0.15) is 0 Å². The minimum Gasteiger partial charge on any atom is -0.468 e. The van der Waals surface area contributed by atoms with Crippen molar-refractivity contribution in [2.45, 2.75) is 31.9 Å². The van der Waals surface area contributed by atoms with Crippen LogP contribution in [-0.2, 0) is 20.9 Å². The largest absolute Gasteiger partial charge is 0.468 e. The van der Waals surface area contributed by atoms with Crippen LogP contribution in [0.2, 0.25) is 0 Å². The van der Waals surface area contributed by atoms with E-state index in [9.17, 15) is 9.59 Å². The lowest BCUT2D eigenvalue weighted by Crippen LogP contribution is -2.35. The lowest BCUT2D eigenvalue weighted by atomic mass is 10.1. The first-order valence-corrected chi connectivity index (χ1v) is 7.37. The van der Waals surface area contributed by atoms with Crippen LogP contribution >= 0.6 is 0 Å². The summed E-state index contributed by atoms with van der Waals surface area (Å²) in [4.78, 5) is 22.9. The van der Waals surface area contributed by atoms with Crippen LogP contribution in [0.15, 0.2) is 30.3 Å². The number of alkyl carbamates (subject to hydrolysis) is 1. The van der Waals surface area contributed by atoms with Crippen molar-refractivity contribution >= 4 is 12.1 Å². The second kappa shape index (κ2) is 10.6. The van der Waals surface area contributed by atoms with Gasteiger partial charge in [-0.3, -0.25) is 4.79 Å². The van der Waals surface area contributed by atoms with Crippen molar-refractivity contribution in [3.05, 3.63) is 35.9 Å². The second-order valence-electron chi connectivity index (χ2n) is 4.85. The molecule has 1 aromatic carbocycles. The summed E-state index contributed by atoms with van der Waals surface area (Å²) in [6, 6.07) is 9.22. The molecule has 1 atom stereocenters. The van der Waals surface area contributed by atoms with Crippen LogP contribution < -0.4 is 10.6 Å². The van der Waals surface area contributed by atoms with E-state index in [2.05, 4.69) is 15.4 Å². The summed E-state index contributed by atoms with van der Waals surface area (Å²) < 4.78 is 9.78. The average molecular weight is 308 g/mol. The van der Waals surface area contributed by atoms with Crippen LogP contribution in [0.3, 0.4) is 0 Å². The number of esters is 1. The lowest BCUT2D eigenvalue weighted by molar-refractivity contribution is -0.143. The van der Waals surface area contributed by atoms with Crippen LogP contribution in [-0.4, -0.2) is 38.8 Å². The minimum atomic E-state index is -0.429. The molecule has 1 rings (SSSR count). The van der Waals surface area contributed by atoms with Crippen LogP contribution in [0, 0.1) is 0 Å². The molecule has 122 valence electrons. The van der Waals surface area contributed by atoms with Crippen molar-refractivity contribution < 1.29 is 19.1 Å². The molecule has 1 aromatic rings. The van der Waals surface area contributed by atoms with Crippen molar-refractivity contribution in [3.63, 3.8) is 0 Å². The van der Waals surface area contributed by atoms with Gasteiger partial charge in [0.2, 0.25) is 0 Å².